The number of ether oxygens (including phenoxy) is 1. The molecule has 1 aromatic carbocycles. The van der Waals surface area contributed by atoms with Crippen LogP contribution in [-0.2, 0) is 11.2 Å². The van der Waals surface area contributed by atoms with E-state index in [1.165, 1.54) is 0 Å². The number of aryl methyl sites for hydroxylation is 1. The fourth-order valence-corrected chi connectivity index (χ4v) is 1.96. The van der Waals surface area contributed by atoms with Crippen molar-refractivity contribution < 1.29 is 13.9 Å². The van der Waals surface area contributed by atoms with E-state index in [0.717, 1.165) is 11.3 Å². The number of aromatic nitrogens is 1. The van der Waals surface area contributed by atoms with Gasteiger partial charge in [0.15, 0.2) is 11.7 Å². The lowest BCUT2D eigenvalue weighted by Crippen LogP contribution is -2.27. The molecule has 5 heteroatoms. The number of hydrogen-bond donors (Lipinski definition) is 1. The minimum Gasteiger partial charge on any atom is -0.497 e. The average molecular weight is 302 g/mol. The molecule has 0 saturated carbocycles. The third-order valence-electron chi connectivity index (χ3n) is 3.18. The molecular weight excluding hydrogens is 280 g/mol. The van der Waals surface area contributed by atoms with Crippen LogP contribution < -0.4 is 10.1 Å². The maximum Gasteiger partial charge on any atom is 0.220 e. The van der Waals surface area contributed by atoms with Gasteiger partial charge in [0.05, 0.1) is 13.3 Å². The van der Waals surface area contributed by atoms with Crippen LogP contribution in [0.2, 0.25) is 0 Å². The van der Waals surface area contributed by atoms with Gasteiger partial charge in [-0.2, -0.15) is 0 Å². The van der Waals surface area contributed by atoms with Crippen LogP contribution in [0.5, 0.6) is 5.75 Å². The number of amides is 1. The van der Waals surface area contributed by atoms with Crippen molar-refractivity contribution in [3.63, 3.8) is 0 Å². The predicted octanol–water partition coefficient (Wildman–Crippen LogP) is 3.06. The summed E-state index contributed by atoms with van der Waals surface area (Å²) < 4.78 is 10.9. The Morgan fingerprint density at radius 3 is 2.95 bits per heavy atom. The topological polar surface area (TPSA) is 64.4 Å². The molecule has 0 saturated heterocycles. The summed E-state index contributed by atoms with van der Waals surface area (Å²) in [6.07, 6.45) is 2.55. The Hall–Kier alpha value is -2.30. The summed E-state index contributed by atoms with van der Waals surface area (Å²) in [7, 11) is 1.63. The van der Waals surface area contributed by atoms with E-state index in [1.54, 1.807) is 13.3 Å². The number of carbonyl (C=O) groups excluding carboxylic acids is 1. The quantitative estimate of drug-likeness (QED) is 0.853. The zero-order valence-corrected chi connectivity index (χ0v) is 13.3. The van der Waals surface area contributed by atoms with Crippen molar-refractivity contribution in [3.8, 4) is 17.1 Å². The largest absolute Gasteiger partial charge is 0.497 e. The van der Waals surface area contributed by atoms with Crippen molar-refractivity contribution in [1.82, 2.24) is 10.3 Å². The minimum atomic E-state index is 0.0230. The highest BCUT2D eigenvalue weighted by Gasteiger charge is 2.09. The molecule has 22 heavy (non-hydrogen) atoms. The molecule has 2 aromatic rings. The molecule has 0 unspecified atom stereocenters. The number of hydrogen-bond acceptors (Lipinski definition) is 4. The molecule has 2 rings (SSSR count). The second-order valence-corrected chi connectivity index (χ2v) is 5.55. The SMILES string of the molecule is COc1cccc(-c2cnc(CCC(=O)NCC(C)C)o2)c1. The normalized spacial score (nSPS) is 10.7. The lowest BCUT2D eigenvalue weighted by molar-refractivity contribution is -0.121. The van der Waals surface area contributed by atoms with E-state index < -0.39 is 0 Å². The average Bonchev–Trinajstić information content (AvgIpc) is 3.00. The molecule has 0 radical (unpaired) electrons. The molecule has 0 aliphatic carbocycles. The van der Waals surface area contributed by atoms with E-state index in [4.69, 9.17) is 9.15 Å². The van der Waals surface area contributed by atoms with E-state index in [0.29, 0.717) is 37.0 Å². The Bertz CT molecular complexity index is 620. The van der Waals surface area contributed by atoms with Gasteiger partial charge < -0.3 is 14.5 Å². The zero-order valence-electron chi connectivity index (χ0n) is 13.3. The van der Waals surface area contributed by atoms with Crippen LogP contribution in [0.15, 0.2) is 34.9 Å². The summed E-state index contributed by atoms with van der Waals surface area (Å²) in [5.74, 6) is 2.48. The molecule has 0 atom stereocenters. The van der Waals surface area contributed by atoms with Gasteiger partial charge in [0, 0.05) is 24.9 Å². The Balaban J connectivity index is 1.92. The minimum absolute atomic E-state index is 0.0230. The predicted molar refractivity (Wildman–Crippen MR) is 84.7 cm³/mol. The van der Waals surface area contributed by atoms with Crippen molar-refractivity contribution in [1.29, 1.82) is 0 Å². The molecule has 0 aliphatic heterocycles. The Labute approximate surface area is 130 Å². The van der Waals surface area contributed by atoms with E-state index in [-0.39, 0.29) is 5.91 Å². The highest BCUT2D eigenvalue weighted by Crippen LogP contribution is 2.24. The molecule has 1 N–H and O–H groups in total. The van der Waals surface area contributed by atoms with Gasteiger partial charge in [0.2, 0.25) is 5.91 Å². The van der Waals surface area contributed by atoms with Crippen LogP contribution in [0.3, 0.4) is 0 Å². The van der Waals surface area contributed by atoms with E-state index >= 15 is 0 Å². The molecule has 0 aliphatic rings. The molecule has 1 amide bonds. The number of methoxy groups -OCH3 is 1. The van der Waals surface area contributed by atoms with E-state index in [9.17, 15) is 4.79 Å². The number of rotatable bonds is 7. The van der Waals surface area contributed by atoms with Crippen molar-refractivity contribution in [2.45, 2.75) is 26.7 Å². The number of carbonyl (C=O) groups is 1. The molecule has 5 nitrogen and oxygen atoms in total. The van der Waals surface area contributed by atoms with Gasteiger partial charge in [-0.3, -0.25) is 4.79 Å². The van der Waals surface area contributed by atoms with Gasteiger partial charge >= 0.3 is 0 Å². The summed E-state index contributed by atoms with van der Waals surface area (Å²) in [6.45, 7) is 4.82. The van der Waals surface area contributed by atoms with Crippen molar-refractivity contribution in [3.05, 3.63) is 36.4 Å². The van der Waals surface area contributed by atoms with Crippen LogP contribution in [0.25, 0.3) is 11.3 Å². The fourth-order valence-electron chi connectivity index (χ4n) is 1.96. The third kappa shape index (κ3) is 4.62. The number of nitrogens with zero attached hydrogens (tertiary/aromatic N) is 1. The molecular formula is C17H22N2O3. The first-order chi connectivity index (χ1) is 10.6. The maximum absolute atomic E-state index is 11.7. The van der Waals surface area contributed by atoms with Gasteiger partial charge in [-0.1, -0.05) is 26.0 Å². The van der Waals surface area contributed by atoms with Crippen molar-refractivity contribution in [2.75, 3.05) is 13.7 Å². The monoisotopic (exact) mass is 302 g/mol. The summed E-state index contributed by atoms with van der Waals surface area (Å²) >= 11 is 0. The maximum atomic E-state index is 11.7. The van der Waals surface area contributed by atoms with Crippen LogP contribution in [0, 0.1) is 5.92 Å². The van der Waals surface area contributed by atoms with Gasteiger partial charge in [0.1, 0.15) is 5.75 Å². The van der Waals surface area contributed by atoms with Crippen LogP contribution >= 0.6 is 0 Å². The van der Waals surface area contributed by atoms with Crippen LogP contribution in [0.1, 0.15) is 26.2 Å². The Morgan fingerprint density at radius 1 is 1.41 bits per heavy atom. The van der Waals surface area contributed by atoms with Gasteiger partial charge in [-0.15, -0.1) is 0 Å². The Morgan fingerprint density at radius 2 is 2.23 bits per heavy atom. The standard InChI is InChI=1S/C17H22N2O3/c1-12(2)10-18-16(20)7-8-17-19-11-15(22-17)13-5-4-6-14(9-13)21-3/h4-6,9,11-12H,7-8,10H2,1-3H3,(H,18,20). The fraction of sp³-hybridized carbons (Fsp3) is 0.412. The summed E-state index contributed by atoms with van der Waals surface area (Å²) in [5.41, 5.74) is 0.905. The number of benzene rings is 1. The number of nitrogens with one attached hydrogen (secondary N) is 1. The lowest BCUT2D eigenvalue weighted by atomic mass is 10.2. The highest BCUT2D eigenvalue weighted by molar-refractivity contribution is 5.76. The molecule has 118 valence electrons. The molecule has 0 spiro atoms. The second kappa shape index (κ2) is 7.64. The van der Waals surface area contributed by atoms with E-state index in [2.05, 4.69) is 24.1 Å². The van der Waals surface area contributed by atoms with Gasteiger partial charge in [0.25, 0.3) is 0 Å². The van der Waals surface area contributed by atoms with Gasteiger partial charge in [-0.05, 0) is 18.1 Å². The van der Waals surface area contributed by atoms with E-state index in [1.807, 2.05) is 24.3 Å². The smallest absolute Gasteiger partial charge is 0.220 e. The molecule has 0 fully saturated rings. The van der Waals surface area contributed by atoms with Gasteiger partial charge in [-0.25, -0.2) is 4.98 Å². The molecule has 1 aromatic heterocycles. The Kier molecular flexibility index (Phi) is 5.58. The van der Waals surface area contributed by atoms with Crippen LogP contribution in [-0.4, -0.2) is 24.5 Å². The molecule has 0 bridgehead atoms. The summed E-state index contributed by atoms with van der Waals surface area (Å²) in [6, 6.07) is 7.59. The highest BCUT2D eigenvalue weighted by atomic mass is 16.5. The first kappa shape index (κ1) is 16.1. The third-order valence-corrected chi connectivity index (χ3v) is 3.18. The number of oxazole rings is 1. The first-order valence-electron chi connectivity index (χ1n) is 7.44. The first-order valence-corrected chi connectivity index (χ1v) is 7.44. The molecule has 1 heterocycles. The zero-order chi connectivity index (χ0) is 15.9. The summed E-state index contributed by atoms with van der Waals surface area (Å²) in [5, 5.41) is 2.88. The van der Waals surface area contributed by atoms with Crippen molar-refractivity contribution >= 4 is 5.91 Å². The second-order valence-electron chi connectivity index (χ2n) is 5.55. The van der Waals surface area contributed by atoms with Crippen LogP contribution in [0.4, 0.5) is 0 Å². The lowest BCUT2D eigenvalue weighted by Gasteiger charge is -2.06. The van der Waals surface area contributed by atoms with Crippen molar-refractivity contribution in [2.24, 2.45) is 5.92 Å². The summed E-state index contributed by atoms with van der Waals surface area (Å²) in [4.78, 5) is 15.9.